The van der Waals surface area contributed by atoms with Gasteiger partial charge in [-0.1, -0.05) is 54.2 Å². The van der Waals surface area contributed by atoms with E-state index in [9.17, 15) is 29.8 Å². The fourth-order valence-electron chi connectivity index (χ4n) is 3.67. The van der Waals surface area contributed by atoms with Crippen molar-refractivity contribution >= 4 is 34.9 Å². The largest absolute Gasteiger partial charge is 0.497 e. The Morgan fingerprint density at radius 2 is 1.46 bits per heavy atom. The lowest BCUT2D eigenvalue weighted by molar-refractivity contribution is -0.396. The molecule has 0 bridgehead atoms. The zero-order chi connectivity index (χ0) is 27.9. The molecule has 196 valence electrons. The monoisotopic (exact) mass is 544 g/mol. The molecule has 0 unspecified atom stereocenters. The summed E-state index contributed by atoms with van der Waals surface area (Å²) in [4.78, 5) is 48.5. The van der Waals surface area contributed by atoms with Crippen molar-refractivity contribution in [1.29, 1.82) is 0 Å². The maximum Gasteiger partial charge on any atom is 0.340 e. The zero-order valence-corrected chi connectivity index (χ0v) is 21.2. The fourth-order valence-corrected chi connectivity index (χ4v) is 4.69. The van der Waals surface area contributed by atoms with E-state index in [0.717, 1.165) is 23.9 Å². The predicted octanol–water partition coefficient (Wildman–Crippen LogP) is 6.44. The van der Waals surface area contributed by atoms with Crippen LogP contribution in [0.15, 0.2) is 107 Å². The summed E-state index contributed by atoms with van der Waals surface area (Å²) in [5, 5.41) is 22.7. The molecule has 39 heavy (non-hydrogen) atoms. The highest BCUT2D eigenvalue weighted by atomic mass is 32.2. The van der Waals surface area contributed by atoms with Crippen molar-refractivity contribution in [1.82, 2.24) is 0 Å². The maximum absolute atomic E-state index is 13.4. The number of esters is 1. The van der Waals surface area contributed by atoms with Gasteiger partial charge in [0.1, 0.15) is 5.75 Å². The second kappa shape index (κ2) is 12.0. The highest BCUT2D eigenvalue weighted by Crippen LogP contribution is 2.39. The van der Waals surface area contributed by atoms with Gasteiger partial charge in [-0.3, -0.25) is 25.0 Å². The Kier molecular flexibility index (Phi) is 8.32. The Bertz CT molecular complexity index is 1540. The number of nitro benzene ring substituents is 2. The van der Waals surface area contributed by atoms with Crippen LogP contribution in [-0.4, -0.2) is 28.7 Å². The molecule has 0 saturated carbocycles. The molecule has 1 atom stereocenters. The Labute approximate surface area is 226 Å². The van der Waals surface area contributed by atoms with Crippen molar-refractivity contribution in [3.63, 3.8) is 0 Å². The van der Waals surface area contributed by atoms with Gasteiger partial charge in [-0.15, -0.1) is 0 Å². The zero-order valence-electron chi connectivity index (χ0n) is 20.4. The van der Waals surface area contributed by atoms with Crippen molar-refractivity contribution < 1.29 is 28.9 Å². The van der Waals surface area contributed by atoms with Crippen LogP contribution in [0.1, 0.15) is 32.4 Å². The molecule has 4 aromatic rings. The molecule has 0 heterocycles. The minimum atomic E-state index is -1.26. The standard InChI is InChI=1S/C28H20N2O8S/c1-37-21-14-11-18(12-15-21)26(31)27(19-7-3-2-4-8-19)38-28(32)22-9-5-6-10-24(22)39-25-16-13-20(29(33)34)17-23(25)30(35)36/h2-17,27H,1H3/t27-/m1/s1. The van der Waals surface area contributed by atoms with Crippen LogP contribution < -0.4 is 4.74 Å². The first-order valence-electron chi connectivity index (χ1n) is 11.4. The smallest absolute Gasteiger partial charge is 0.340 e. The van der Waals surface area contributed by atoms with E-state index in [0.29, 0.717) is 21.8 Å². The first-order valence-corrected chi connectivity index (χ1v) is 12.2. The number of methoxy groups -OCH3 is 1. The summed E-state index contributed by atoms with van der Waals surface area (Å²) in [6.45, 7) is 0. The van der Waals surface area contributed by atoms with Gasteiger partial charge in [-0.2, -0.15) is 0 Å². The van der Waals surface area contributed by atoms with E-state index in [1.807, 2.05) is 0 Å². The van der Waals surface area contributed by atoms with Gasteiger partial charge in [0.05, 0.1) is 33.5 Å². The molecular weight excluding hydrogens is 524 g/mol. The second-order valence-corrected chi connectivity index (χ2v) is 9.14. The van der Waals surface area contributed by atoms with Gasteiger partial charge in [0.2, 0.25) is 5.78 Å². The van der Waals surface area contributed by atoms with E-state index in [4.69, 9.17) is 9.47 Å². The SMILES string of the molecule is COc1ccc(C(=O)[C@H](OC(=O)c2ccccc2Sc2ccc([N+](=O)[O-])cc2[N+](=O)[O-])c2ccccc2)cc1. The Morgan fingerprint density at radius 3 is 2.10 bits per heavy atom. The normalized spacial score (nSPS) is 11.3. The number of hydrogen-bond acceptors (Lipinski definition) is 9. The van der Waals surface area contributed by atoms with Crippen LogP contribution in [0.25, 0.3) is 0 Å². The topological polar surface area (TPSA) is 139 Å². The molecule has 0 aliphatic heterocycles. The number of ether oxygens (including phenoxy) is 2. The molecular formula is C28H20N2O8S. The van der Waals surface area contributed by atoms with Crippen LogP contribution >= 0.6 is 11.8 Å². The molecule has 4 rings (SSSR count). The summed E-state index contributed by atoms with van der Waals surface area (Å²) in [6, 6.07) is 24.5. The molecule has 0 fully saturated rings. The Morgan fingerprint density at radius 1 is 0.795 bits per heavy atom. The van der Waals surface area contributed by atoms with Crippen LogP contribution in [0.3, 0.4) is 0 Å². The third-order valence-corrected chi connectivity index (χ3v) is 6.76. The molecule has 0 aromatic heterocycles. The number of rotatable bonds is 10. The third-order valence-electron chi connectivity index (χ3n) is 5.62. The number of benzene rings is 4. The Hall–Kier alpha value is -5.03. The summed E-state index contributed by atoms with van der Waals surface area (Å²) >= 11 is 0.886. The van der Waals surface area contributed by atoms with Crippen molar-refractivity contribution in [3.8, 4) is 5.75 Å². The van der Waals surface area contributed by atoms with Crippen LogP contribution in [0, 0.1) is 20.2 Å². The van der Waals surface area contributed by atoms with E-state index in [2.05, 4.69) is 0 Å². The number of ketones is 1. The molecule has 0 saturated heterocycles. The van der Waals surface area contributed by atoms with Gasteiger partial charge in [0.15, 0.2) is 6.10 Å². The number of non-ortho nitro benzene ring substituents is 1. The van der Waals surface area contributed by atoms with Gasteiger partial charge in [-0.25, -0.2) is 4.79 Å². The van der Waals surface area contributed by atoms with Gasteiger partial charge < -0.3 is 9.47 Å². The van der Waals surface area contributed by atoms with Crippen LogP contribution in [0.5, 0.6) is 5.75 Å². The van der Waals surface area contributed by atoms with Crippen LogP contribution in [0.2, 0.25) is 0 Å². The van der Waals surface area contributed by atoms with Crippen molar-refractivity contribution in [2.24, 2.45) is 0 Å². The minimum absolute atomic E-state index is 0.0682. The lowest BCUT2D eigenvalue weighted by atomic mass is 9.99. The number of hydrogen-bond donors (Lipinski definition) is 0. The van der Waals surface area contributed by atoms with Gasteiger partial charge in [0, 0.05) is 22.1 Å². The van der Waals surface area contributed by atoms with Gasteiger partial charge in [-0.05, 0) is 42.5 Å². The van der Waals surface area contributed by atoms with Gasteiger partial charge >= 0.3 is 5.97 Å². The molecule has 0 spiro atoms. The number of carbonyl (C=O) groups is 2. The molecule has 0 amide bonds. The van der Waals surface area contributed by atoms with Crippen molar-refractivity contribution in [2.75, 3.05) is 7.11 Å². The highest BCUT2D eigenvalue weighted by molar-refractivity contribution is 7.99. The number of nitro groups is 2. The summed E-state index contributed by atoms with van der Waals surface area (Å²) in [6.07, 6.45) is -1.26. The predicted molar refractivity (Wildman–Crippen MR) is 142 cm³/mol. The summed E-state index contributed by atoms with van der Waals surface area (Å²) in [5.74, 6) is -0.710. The van der Waals surface area contributed by atoms with Crippen LogP contribution in [-0.2, 0) is 4.74 Å². The number of carbonyl (C=O) groups excluding carboxylic acids is 2. The molecule has 0 radical (unpaired) electrons. The van der Waals surface area contributed by atoms with Crippen molar-refractivity contribution in [2.45, 2.75) is 15.9 Å². The first-order chi connectivity index (χ1) is 18.8. The molecule has 0 aliphatic rings. The van der Waals surface area contributed by atoms with Gasteiger partial charge in [0.25, 0.3) is 11.4 Å². The van der Waals surface area contributed by atoms with E-state index in [1.165, 1.54) is 19.2 Å². The molecule has 10 nitrogen and oxygen atoms in total. The summed E-state index contributed by atoms with van der Waals surface area (Å²) in [7, 11) is 1.51. The average molecular weight is 545 g/mol. The fraction of sp³-hybridized carbons (Fsp3) is 0.0714. The third kappa shape index (κ3) is 6.28. The number of Topliss-reactive ketones (excluding diaryl/α,β-unsaturated/α-hetero) is 1. The lowest BCUT2D eigenvalue weighted by Gasteiger charge is -2.18. The Balaban J connectivity index is 1.66. The molecule has 0 N–H and O–H groups in total. The van der Waals surface area contributed by atoms with E-state index in [1.54, 1.807) is 72.8 Å². The quantitative estimate of drug-likeness (QED) is 0.0954. The minimum Gasteiger partial charge on any atom is -0.497 e. The molecule has 11 heteroatoms. The molecule has 4 aromatic carbocycles. The van der Waals surface area contributed by atoms with E-state index < -0.39 is 39.1 Å². The molecule has 0 aliphatic carbocycles. The van der Waals surface area contributed by atoms with E-state index in [-0.39, 0.29) is 10.5 Å². The van der Waals surface area contributed by atoms with Crippen molar-refractivity contribution in [3.05, 3.63) is 134 Å². The first kappa shape index (κ1) is 27.0. The summed E-state index contributed by atoms with van der Waals surface area (Å²) < 4.78 is 10.9. The number of nitrogens with zero attached hydrogens (tertiary/aromatic N) is 2. The summed E-state index contributed by atoms with van der Waals surface area (Å²) in [5.41, 5.74) is -0.0706. The maximum atomic E-state index is 13.4. The second-order valence-electron chi connectivity index (χ2n) is 8.05. The lowest BCUT2D eigenvalue weighted by Crippen LogP contribution is -2.20. The highest BCUT2D eigenvalue weighted by Gasteiger charge is 2.28. The average Bonchev–Trinajstić information content (AvgIpc) is 2.96. The van der Waals surface area contributed by atoms with Crippen LogP contribution in [0.4, 0.5) is 11.4 Å². The van der Waals surface area contributed by atoms with E-state index >= 15 is 0 Å².